The van der Waals surface area contributed by atoms with Crippen LogP contribution < -0.4 is 9.47 Å². The number of fused-ring (bicyclic) bond motifs is 2. The summed E-state index contributed by atoms with van der Waals surface area (Å²) in [5, 5.41) is 0.896. The minimum atomic E-state index is -0.291. The summed E-state index contributed by atoms with van der Waals surface area (Å²) in [5.41, 5.74) is 4.63. The first-order valence-corrected chi connectivity index (χ1v) is 11.3. The molecule has 1 aromatic heterocycles. The third kappa shape index (κ3) is 3.70. The molecule has 2 heterocycles. The Labute approximate surface area is 198 Å². The summed E-state index contributed by atoms with van der Waals surface area (Å²) in [6.45, 7) is 0.841. The van der Waals surface area contributed by atoms with Crippen molar-refractivity contribution in [2.45, 2.75) is 19.1 Å². The molecule has 34 heavy (non-hydrogen) atoms. The largest absolute Gasteiger partial charge is 0.493 e. The fourth-order valence-corrected chi connectivity index (χ4v) is 4.85. The second-order valence-corrected chi connectivity index (χ2v) is 8.31. The summed E-state index contributed by atoms with van der Waals surface area (Å²) in [7, 11) is 4.88. The van der Waals surface area contributed by atoms with E-state index in [1.165, 1.54) is 0 Å². The lowest BCUT2D eigenvalue weighted by atomic mass is 9.87. The number of furan rings is 1. The Morgan fingerprint density at radius 2 is 1.68 bits per heavy atom. The number of benzene rings is 3. The number of methoxy groups -OCH3 is 3. The van der Waals surface area contributed by atoms with Crippen LogP contribution in [0.5, 0.6) is 11.5 Å². The van der Waals surface area contributed by atoms with Crippen LogP contribution >= 0.6 is 0 Å². The molecule has 0 bridgehead atoms. The number of nitrogens with zero attached hydrogens (tertiary/aromatic N) is 1. The first-order chi connectivity index (χ1) is 16.7. The molecule has 4 aromatic rings. The number of hydrogen-bond acceptors (Lipinski definition) is 5. The zero-order valence-corrected chi connectivity index (χ0v) is 19.5. The number of ether oxygens (including phenoxy) is 3. The Bertz CT molecular complexity index is 1330. The average molecular weight is 458 g/mol. The van der Waals surface area contributed by atoms with Gasteiger partial charge in [-0.25, -0.2) is 0 Å². The highest BCUT2D eigenvalue weighted by atomic mass is 16.5. The Balaban J connectivity index is 1.65. The number of carbonyl (C=O) groups is 1. The van der Waals surface area contributed by atoms with Gasteiger partial charge in [0.05, 0.1) is 26.9 Å². The van der Waals surface area contributed by atoms with Gasteiger partial charge in [0.1, 0.15) is 5.58 Å². The van der Waals surface area contributed by atoms with E-state index in [-0.39, 0.29) is 11.9 Å². The molecule has 6 nitrogen and oxygen atoms in total. The van der Waals surface area contributed by atoms with Crippen molar-refractivity contribution in [3.63, 3.8) is 0 Å². The number of para-hydroxylation sites is 1. The maximum Gasteiger partial charge on any atom is 0.290 e. The topological polar surface area (TPSA) is 61.1 Å². The highest BCUT2D eigenvalue weighted by molar-refractivity contribution is 5.99. The van der Waals surface area contributed by atoms with Gasteiger partial charge in [-0.2, -0.15) is 0 Å². The van der Waals surface area contributed by atoms with Crippen LogP contribution in [-0.2, 0) is 17.8 Å². The van der Waals surface area contributed by atoms with Gasteiger partial charge in [-0.1, -0.05) is 48.5 Å². The molecule has 3 aromatic carbocycles. The summed E-state index contributed by atoms with van der Waals surface area (Å²) in [5.74, 6) is 1.50. The first kappa shape index (κ1) is 22.0. The molecule has 174 valence electrons. The van der Waals surface area contributed by atoms with Crippen molar-refractivity contribution in [1.82, 2.24) is 4.90 Å². The molecule has 6 heteroatoms. The van der Waals surface area contributed by atoms with Gasteiger partial charge >= 0.3 is 0 Å². The van der Waals surface area contributed by atoms with Crippen molar-refractivity contribution in [2.24, 2.45) is 0 Å². The maximum atomic E-state index is 14.1. The molecular weight excluding hydrogens is 430 g/mol. The molecule has 0 unspecified atom stereocenters. The van der Waals surface area contributed by atoms with Gasteiger partial charge in [0.25, 0.3) is 5.91 Å². The quantitative estimate of drug-likeness (QED) is 0.389. The third-order valence-corrected chi connectivity index (χ3v) is 6.43. The molecule has 1 amide bonds. The summed E-state index contributed by atoms with van der Waals surface area (Å²) in [6, 6.07) is 21.4. The molecule has 1 atom stereocenters. The van der Waals surface area contributed by atoms with Crippen molar-refractivity contribution in [2.75, 3.05) is 27.9 Å². The van der Waals surface area contributed by atoms with Gasteiger partial charge in [0.2, 0.25) is 0 Å². The standard InChI is InChI=1S/C28H27NO5/c1-31-17-22-20-11-7-8-12-23(20)34-27(22)28(30)29-14-13-19-15-24(32-2)25(33-3)16-21(19)26(29)18-9-5-4-6-10-18/h4-12,15-16,26H,13-14,17H2,1-3H3/t26-/m0/s1. The molecule has 0 saturated heterocycles. The molecule has 5 rings (SSSR count). The van der Waals surface area contributed by atoms with Crippen LogP contribution in [0.1, 0.15) is 38.9 Å². The van der Waals surface area contributed by atoms with Gasteiger partial charge in [0, 0.05) is 24.6 Å². The van der Waals surface area contributed by atoms with E-state index in [4.69, 9.17) is 18.6 Å². The van der Waals surface area contributed by atoms with Crippen LogP contribution in [-0.4, -0.2) is 38.7 Å². The van der Waals surface area contributed by atoms with Crippen LogP contribution in [0, 0.1) is 0 Å². The Kier molecular flexibility index (Phi) is 5.99. The summed E-state index contributed by atoms with van der Waals surface area (Å²) >= 11 is 0. The van der Waals surface area contributed by atoms with Crippen molar-refractivity contribution in [3.05, 3.63) is 94.7 Å². The van der Waals surface area contributed by atoms with E-state index < -0.39 is 0 Å². The van der Waals surface area contributed by atoms with Gasteiger partial charge < -0.3 is 23.5 Å². The lowest BCUT2D eigenvalue weighted by molar-refractivity contribution is 0.0657. The highest BCUT2D eigenvalue weighted by Crippen LogP contribution is 2.42. The number of amides is 1. The Morgan fingerprint density at radius 3 is 2.41 bits per heavy atom. The monoisotopic (exact) mass is 457 g/mol. The predicted molar refractivity (Wildman–Crippen MR) is 129 cm³/mol. The van der Waals surface area contributed by atoms with E-state index in [2.05, 4.69) is 0 Å². The van der Waals surface area contributed by atoms with E-state index in [1.807, 2.05) is 71.6 Å². The molecule has 0 fully saturated rings. The van der Waals surface area contributed by atoms with E-state index in [0.29, 0.717) is 42.4 Å². The van der Waals surface area contributed by atoms with Crippen molar-refractivity contribution >= 4 is 16.9 Å². The van der Waals surface area contributed by atoms with E-state index in [9.17, 15) is 4.79 Å². The third-order valence-electron chi connectivity index (χ3n) is 6.43. The molecule has 0 N–H and O–H groups in total. The molecule has 0 saturated carbocycles. The van der Waals surface area contributed by atoms with Crippen LogP contribution in [0.3, 0.4) is 0 Å². The van der Waals surface area contributed by atoms with Crippen LogP contribution in [0.2, 0.25) is 0 Å². The van der Waals surface area contributed by atoms with Gasteiger partial charge in [0.15, 0.2) is 17.3 Å². The first-order valence-electron chi connectivity index (χ1n) is 11.3. The number of carbonyl (C=O) groups excluding carboxylic acids is 1. The number of rotatable bonds is 6. The summed E-state index contributed by atoms with van der Waals surface area (Å²) < 4.78 is 22.7. The van der Waals surface area contributed by atoms with Crippen molar-refractivity contribution < 1.29 is 23.4 Å². The summed E-state index contributed by atoms with van der Waals surface area (Å²) in [4.78, 5) is 15.9. The molecule has 1 aliphatic heterocycles. The van der Waals surface area contributed by atoms with E-state index >= 15 is 0 Å². The second-order valence-electron chi connectivity index (χ2n) is 8.31. The van der Waals surface area contributed by atoms with Gasteiger partial charge in [-0.05, 0) is 41.3 Å². The minimum absolute atomic E-state index is 0.155. The molecule has 0 spiro atoms. The maximum absolute atomic E-state index is 14.1. The van der Waals surface area contributed by atoms with Gasteiger partial charge in [-0.15, -0.1) is 0 Å². The molecule has 0 aliphatic carbocycles. The lowest BCUT2D eigenvalue weighted by Crippen LogP contribution is -2.40. The van der Waals surface area contributed by atoms with Crippen molar-refractivity contribution in [1.29, 1.82) is 0 Å². The number of hydrogen-bond donors (Lipinski definition) is 0. The van der Waals surface area contributed by atoms with E-state index in [1.54, 1.807) is 21.3 Å². The highest BCUT2D eigenvalue weighted by Gasteiger charge is 2.36. The zero-order valence-electron chi connectivity index (χ0n) is 19.5. The Hall–Kier alpha value is -3.77. The SMILES string of the molecule is COCc1c(C(=O)N2CCc3cc(OC)c(OC)cc3[C@@H]2c2ccccc2)oc2ccccc12. The predicted octanol–water partition coefficient (Wildman–Crippen LogP) is 5.38. The normalized spacial score (nSPS) is 15.3. The van der Waals surface area contributed by atoms with Gasteiger partial charge in [-0.3, -0.25) is 4.79 Å². The molecular formula is C28H27NO5. The smallest absolute Gasteiger partial charge is 0.290 e. The minimum Gasteiger partial charge on any atom is -0.493 e. The average Bonchev–Trinajstić information content (AvgIpc) is 3.25. The summed E-state index contributed by atoms with van der Waals surface area (Å²) in [6.07, 6.45) is 0.699. The van der Waals surface area contributed by atoms with Crippen molar-refractivity contribution in [3.8, 4) is 11.5 Å². The zero-order chi connectivity index (χ0) is 23.7. The fraction of sp³-hybridized carbons (Fsp3) is 0.250. The van der Waals surface area contributed by atoms with E-state index in [0.717, 1.165) is 27.6 Å². The molecule has 0 radical (unpaired) electrons. The Morgan fingerprint density at radius 1 is 0.971 bits per heavy atom. The second kappa shape index (κ2) is 9.23. The van der Waals surface area contributed by atoms with Crippen LogP contribution in [0.4, 0.5) is 0 Å². The molecule has 1 aliphatic rings. The van der Waals surface area contributed by atoms with Crippen LogP contribution in [0.15, 0.2) is 71.1 Å². The lowest BCUT2D eigenvalue weighted by Gasteiger charge is -2.38. The van der Waals surface area contributed by atoms with Crippen LogP contribution in [0.25, 0.3) is 11.0 Å². The fourth-order valence-electron chi connectivity index (χ4n) is 4.85.